The minimum Gasteiger partial charge on any atom is -0.297 e. The summed E-state index contributed by atoms with van der Waals surface area (Å²) >= 11 is 0. The third kappa shape index (κ3) is 2.01. The molecule has 1 fully saturated rings. The van der Waals surface area contributed by atoms with Crippen molar-refractivity contribution in [2.45, 2.75) is 20.3 Å². The van der Waals surface area contributed by atoms with Crippen molar-refractivity contribution in [1.82, 2.24) is 4.98 Å². The fourth-order valence-electron chi connectivity index (χ4n) is 1.92. The van der Waals surface area contributed by atoms with Gasteiger partial charge in [-0.2, -0.15) is 0 Å². The summed E-state index contributed by atoms with van der Waals surface area (Å²) in [4.78, 5) is 17.8. The Hall–Kier alpha value is -1.38. The fraction of sp³-hybridized carbons (Fsp3) is 0.500. The van der Waals surface area contributed by atoms with Gasteiger partial charge in [0.2, 0.25) is 5.91 Å². The van der Waals surface area contributed by atoms with Gasteiger partial charge in [-0.15, -0.1) is 0 Å². The molecule has 80 valence electrons. The van der Waals surface area contributed by atoms with Crippen molar-refractivity contribution < 1.29 is 4.79 Å². The molecule has 2 rings (SSSR count). The molecule has 3 heteroatoms. The van der Waals surface area contributed by atoms with Crippen LogP contribution >= 0.6 is 0 Å². The number of anilines is 1. The first-order chi connectivity index (χ1) is 7.18. The van der Waals surface area contributed by atoms with Crippen molar-refractivity contribution in [2.24, 2.45) is 11.8 Å². The Labute approximate surface area is 90.1 Å². The summed E-state index contributed by atoms with van der Waals surface area (Å²) in [6, 6.07) is 5.67. The smallest absolute Gasteiger partial charge is 0.228 e. The van der Waals surface area contributed by atoms with Crippen molar-refractivity contribution >= 4 is 11.7 Å². The van der Waals surface area contributed by atoms with Crippen LogP contribution in [0.1, 0.15) is 20.3 Å². The number of carbonyl (C=O) groups is 1. The Kier molecular flexibility index (Phi) is 2.71. The zero-order valence-corrected chi connectivity index (χ0v) is 9.18. The fourth-order valence-corrected chi connectivity index (χ4v) is 1.92. The van der Waals surface area contributed by atoms with E-state index in [9.17, 15) is 4.79 Å². The van der Waals surface area contributed by atoms with Crippen LogP contribution in [0.15, 0.2) is 24.4 Å². The molecular weight excluding hydrogens is 188 g/mol. The number of hydrogen-bond donors (Lipinski definition) is 0. The molecule has 0 aromatic carbocycles. The minimum atomic E-state index is 0.201. The van der Waals surface area contributed by atoms with Crippen LogP contribution in [0.2, 0.25) is 0 Å². The van der Waals surface area contributed by atoms with E-state index >= 15 is 0 Å². The highest BCUT2D eigenvalue weighted by atomic mass is 16.2. The number of rotatable bonds is 2. The third-order valence-electron chi connectivity index (χ3n) is 3.02. The van der Waals surface area contributed by atoms with E-state index in [1.54, 1.807) is 11.1 Å². The second-order valence-corrected chi connectivity index (χ2v) is 4.40. The first-order valence-electron chi connectivity index (χ1n) is 5.40. The van der Waals surface area contributed by atoms with E-state index in [0.717, 1.165) is 12.4 Å². The second-order valence-electron chi connectivity index (χ2n) is 4.40. The molecule has 1 unspecified atom stereocenters. The van der Waals surface area contributed by atoms with Gasteiger partial charge in [-0.3, -0.25) is 9.69 Å². The van der Waals surface area contributed by atoms with Gasteiger partial charge < -0.3 is 0 Å². The Balaban J connectivity index is 2.16. The van der Waals surface area contributed by atoms with E-state index in [1.165, 1.54) is 0 Å². The first-order valence-corrected chi connectivity index (χ1v) is 5.40. The number of amides is 1. The summed E-state index contributed by atoms with van der Waals surface area (Å²) < 4.78 is 0. The van der Waals surface area contributed by atoms with Gasteiger partial charge in [0.15, 0.2) is 0 Å². The molecule has 15 heavy (non-hydrogen) atoms. The summed E-state index contributed by atoms with van der Waals surface area (Å²) in [5.74, 6) is 2.01. The quantitative estimate of drug-likeness (QED) is 0.739. The number of aromatic nitrogens is 1. The standard InChI is InChI=1S/C12H16N2O/c1-9(2)10-7-12(15)14(8-10)11-5-3-4-6-13-11/h3-6,9-10H,7-8H2,1-2H3. The summed E-state index contributed by atoms with van der Waals surface area (Å²) in [6.45, 7) is 5.15. The average Bonchev–Trinajstić information content (AvgIpc) is 2.62. The van der Waals surface area contributed by atoms with Gasteiger partial charge in [0.1, 0.15) is 5.82 Å². The van der Waals surface area contributed by atoms with Gasteiger partial charge >= 0.3 is 0 Å². The molecular formula is C12H16N2O. The molecule has 1 aromatic heterocycles. The topological polar surface area (TPSA) is 33.2 Å². The molecule has 0 aliphatic carbocycles. The van der Waals surface area contributed by atoms with E-state index in [0.29, 0.717) is 18.3 Å². The lowest BCUT2D eigenvalue weighted by Gasteiger charge is -2.16. The number of hydrogen-bond acceptors (Lipinski definition) is 2. The largest absolute Gasteiger partial charge is 0.297 e. The summed E-state index contributed by atoms with van der Waals surface area (Å²) in [5.41, 5.74) is 0. The second kappa shape index (κ2) is 4.01. The Morgan fingerprint density at radius 1 is 1.47 bits per heavy atom. The summed E-state index contributed by atoms with van der Waals surface area (Å²) in [6.07, 6.45) is 2.39. The lowest BCUT2D eigenvalue weighted by molar-refractivity contribution is -0.117. The van der Waals surface area contributed by atoms with Crippen LogP contribution in [-0.4, -0.2) is 17.4 Å². The predicted octanol–water partition coefficient (Wildman–Crippen LogP) is 2.09. The molecule has 3 nitrogen and oxygen atoms in total. The van der Waals surface area contributed by atoms with Gasteiger partial charge in [-0.1, -0.05) is 19.9 Å². The zero-order valence-electron chi connectivity index (χ0n) is 9.18. The molecule has 0 spiro atoms. The van der Waals surface area contributed by atoms with Crippen molar-refractivity contribution in [1.29, 1.82) is 0 Å². The van der Waals surface area contributed by atoms with Gasteiger partial charge in [0.25, 0.3) is 0 Å². The maximum absolute atomic E-state index is 11.8. The lowest BCUT2D eigenvalue weighted by Crippen LogP contribution is -2.25. The predicted molar refractivity (Wildman–Crippen MR) is 59.5 cm³/mol. The molecule has 0 bridgehead atoms. The Bertz CT molecular complexity index is 348. The molecule has 1 amide bonds. The highest BCUT2D eigenvalue weighted by molar-refractivity contribution is 5.94. The zero-order chi connectivity index (χ0) is 10.8. The maximum atomic E-state index is 11.8. The Morgan fingerprint density at radius 2 is 2.27 bits per heavy atom. The number of pyridine rings is 1. The van der Waals surface area contributed by atoms with Gasteiger partial charge in [0, 0.05) is 19.2 Å². The molecule has 0 saturated carbocycles. The molecule has 1 aromatic rings. The van der Waals surface area contributed by atoms with E-state index in [2.05, 4.69) is 18.8 Å². The van der Waals surface area contributed by atoms with Crippen molar-refractivity contribution in [3.8, 4) is 0 Å². The SMILES string of the molecule is CC(C)C1CC(=O)N(c2ccccn2)C1. The molecule has 1 aliphatic rings. The van der Waals surface area contributed by atoms with Gasteiger partial charge in [-0.25, -0.2) is 4.98 Å². The average molecular weight is 204 g/mol. The Morgan fingerprint density at radius 3 is 2.80 bits per heavy atom. The summed E-state index contributed by atoms with van der Waals surface area (Å²) in [7, 11) is 0. The maximum Gasteiger partial charge on any atom is 0.228 e. The highest BCUT2D eigenvalue weighted by Crippen LogP contribution is 2.27. The molecule has 1 aliphatic heterocycles. The number of nitrogens with zero attached hydrogens (tertiary/aromatic N) is 2. The molecule has 1 atom stereocenters. The van der Waals surface area contributed by atoms with Crippen LogP contribution in [-0.2, 0) is 4.79 Å². The number of carbonyl (C=O) groups excluding carboxylic acids is 1. The van der Waals surface area contributed by atoms with E-state index in [1.807, 2.05) is 18.2 Å². The van der Waals surface area contributed by atoms with Crippen molar-refractivity contribution in [3.63, 3.8) is 0 Å². The normalized spacial score (nSPS) is 21.4. The van der Waals surface area contributed by atoms with Crippen LogP contribution in [0.4, 0.5) is 5.82 Å². The molecule has 0 radical (unpaired) electrons. The highest BCUT2D eigenvalue weighted by Gasteiger charge is 2.32. The molecule has 0 N–H and O–H groups in total. The summed E-state index contributed by atoms with van der Waals surface area (Å²) in [5, 5.41) is 0. The van der Waals surface area contributed by atoms with Crippen molar-refractivity contribution in [3.05, 3.63) is 24.4 Å². The van der Waals surface area contributed by atoms with Crippen molar-refractivity contribution in [2.75, 3.05) is 11.4 Å². The third-order valence-corrected chi connectivity index (χ3v) is 3.02. The molecule has 2 heterocycles. The van der Waals surface area contributed by atoms with Crippen LogP contribution in [0, 0.1) is 11.8 Å². The van der Waals surface area contributed by atoms with E-state index < -0.39 is 0 Å². The van der Waals surface area contributed by atoms with E-state index in [-0.39, 0.29) is 5.91 Å². The van der Waals surface area contributed by atoms with Crippen LogP contribution in [0.25, 0.3) is 0 Å². The minimum absolute atomic E-state index is 0.201. The monoisotopic (exact) mass is 204 g/mol. The van der Waals surface area contributed by atoms with Crippen LogP contribution in [0.3, 0.4) is 0 Å². The van der Waals surface area contributed by atoms with Gasteiger partial charge in [-0.05, 0) is 24.0 Å². The lowest BCUT2D eigenvalue weighted by atomic mass is 9.95. The van der Waals surface area contributed by atoms with Gasteiger partial charge in [0.05, 0.1) is 0 Å². The molecule has 1 saturated heterocycles. The van der Waals surface area contributed by atoms with Crippen LogP contribution in [0.5, 0.6) is 0 Å². The van der Waals surface area contributed by atoms with E-state index in [4.69, 9.17) is 0 Å². The first kappa shape index (κ1) is 10.1. The van der Waals surface area contributed by atoms with Crippen LogP contribution < -0.4 is 4.90 Å².